The number of nitro groups is 1. The predicted molar refractivity (Wildman–Crippen MR) is 69.3 cm³/mol. The lowest BCUT2D eigenvalue weighted by Crippen LogP contribution is -2.08. The highest BCUT2D eigenvalue weighted by Gasteiger charge is 2.11. The minimum absolute atomic E-state index is 0.0354. The van der Waals surface area contributed by atoms with Crippen LogP contribution in [0.2, 0.25) is 0 Å². The number of hydrogen-bond donors (Lipinski definition) is 1. The van der Waals surface area contributed by atoms with Gasteiger partial charge in [-0.2, -0.15) is 5.10 Å². The number of benzene rings is 1. The van der Waals surface area contributed by atoms with Crippen molar-refractivity contribution in [1.29, 1.82) is 0 Å². The van der Waals surface area contributed by atoms with Gasteiger partial charge in [0.15, 0.2) is 0 Å². The molecule has 17 heavy (non-hydrogen) atoms. The van der Waals surface area contributed by atoms with Gasteiger partial charge in [-0.25, -0.2) is 0 Å². The third-order valence-electron chi connectivity index (χ3n) is 2.78. The van der Waals surface area contributed by atoms with Crippen molar-refractivity contribution in [1.82, 2.24) is 0 Å². The highest BCUT2D eigenvalue weighted by molar-refractivity contribution is 5.84. The monoisotopic (exact) mass is 235 g/mol. The Labute approximate surface area is 101 Å². The number of nitrogens with zero attached hydrogens (tertiary/aromatic N) is 2. The van der Waals surface area contributed by atoms with Gasteiger partial charge in [-0.15, -0.1) is 0 Å². The van der Waals surface area contributed by atoms with Crippen LogP contribution in [0.3, 0.4) is 0 Å². The van der Waals surface area contributed by atoms with Gasteiger partial charge in [0.2, 0.25) is 0 Å². The van der Waals surface area contributed by atoms with Crippen LogP contribution in [0.25, 0.3) is 0 Å². The molecule has 1 rings (SSSR count). The van der Waals surface area contributed by atoms with Crippen molar-refractivity contribution in [3.63, 3.8) is 0 Å². The lowest BCUT2D eigenvalue weighted by Gasteiger charge is -2.08. The maximum absolute atomic E-state index is 10.8. The summed E-state index contributed by atoms with van der Waals surface area (Å²) in [6, 6.07) is 6.47. The van der Waals surface area contributed by atoms with Gasteiger partial charge in [-0.3, -0.25) is 15.5 Å². The van der Waals surface area contributed by atoms with Gasteiger partial charge in [-0.05, 0) is 25.3 Å². The Balaban J connectivity index is 2.86. The van der Waals surface area contributed by atoms with E-state index in [0.717, 1.165) is 12.1 Å². The molecule has 0 radical (unpaired) electrons. The molecule has 0 amide bonds. The van der Waals surface area contributed by atoms with Crippen LogP contribution in [0.4, 0.5) is 11.4 Å². The summed E-state index contributed by atoms with van der Waals surface area (Å²) in [4.78, 5) is 10.4. The van der Waals surface area contributed by atoms with Crippen LogP contribution in [0, 0.1) is 16.0 Å². The molecule has 0 fully saturated rings. The molecule has 0 spiro atoms. The number of nitro benzene ring substituents is 1. The lowest BCUT2D eigenvalue weighted by molar-refractivity contribution is -0.384. The Morgan fingerprint density at radius 1 is 1.53 bits per heavy atom. The molecule has 1 aromatic carbocycles. The number of hydrogen-bond acceptors (Lipinski definition) is 4. The van der Waals surface area contributed by atoms with Crippen LogP contribution >= 0.6 is 0 Å². The van der Waals surface area contributed by atoms with Gasteiger partial charge < -0.3 is 0 Å². The lowest BCUT2D eigenvalue weighted by atomic mass is 10.1. The van der Waals surface area contributed by atoms with Gasteiger partial charge in [-0.1, -0.05) is 26.0 Å². The fourth-order valence-electron chi connectivity index (χ4n) is 1.28. The average molecular weight is 235 g/mol. The zero-order valence-corrected chi connectivity index (χ0v) is 10.3. The SMILES string of the molecule is CC[C@H](C)/C(C)=N\Nc1ccccc1[N+](=O)[O-]. The Morgan fingerprint density at radius 3 is 2.76 bits per heavy atom. The molecule has 0 bridgehead atoms. The van der Waals surface area contributed by atoms with Crippen molar-refractivity contribution in [2.45, 2.75) is 27.2 Å². The minimum atomic E-state index is -0.420. The number of rotatable bonds is 5. The highest BCUT2D eigenvalue weighted by atomic mass is 16.6. The molecule has 0 heterocycles. The Kier molecular flexibility index (Phi) is 4.63. The highest BCUT2D eigenvalue weighted by Crippen LogP contribution is 2.23. The van der Waals surface area contributed by atoms with Crippen molar-refractivity contribution in [2.24, 2.45) is 11.0 Å². The Morgan fingerprint density at radius 2 is 2.18 bits per heavy atom. The smallest absolute Gasteiger partial charge is 0.272 e. The molecule has 0 unspecified atom stereocenters. The van der Waals surface area contributed by atoms with Crippen LogP contribution in [-0.4, -0.2) is 10.6 Å². The van der Waals surface area contributed by atoms with E-state index in [1.165, 1.54) is 6.07 Å². The van der Waals surface area contributed by atoms with Crippen LogP contribution in [0.5, 0.6) is 0 Å². The second-order valence-corrected chi connectivity index (χ2v) is 3.95. The van der Waals surface area contributed by atoms with E-state index in [-0.39, 0.29) is 5.69 Å². The van der Waals surface area contributed by atoms with Crippen LogP contribution in [0.15, 0.2) is 29.4 Å². The summed E-state index contributed by atoms with van der Waals surface area (Å²) in [6.07, 6.45) is 0.994. The van der Waals surface area contributed by atoms with Crippen LogP contribution < -0.4 is 5.43 Å². The number of hydrazone groups is 1. The molecular weight excluding hydrogens is 218 g/mol. The molecule has 0 aliphatic carbocycles. The zero-order chi connectivity index (χ0) is 12.8. The summed E-state index contributed by atoms with van der Waals surface area (Å²) in [5, 5.41) is 14.9. The largest absolute Gasteiger partial charge is 0.294 e. The second-order valence-electron chi connectivity index (χ2n) is 3.95. The standard InChI is InChI=1S/C12H17N3O2/c1-4-9(2)10(3)13-14-11-7-5-6-8-12(11)15(16)17/h5-9,14H,4H2,1-3H3/b13-10-/t9-/m0/s1. The molecule has 0 saturated heterocycles. The molecule has 0 aliphatic heterocycles. The minimum Gasteiger partial charge on any atom is -0.272 e. The van der Waals surface area contributed by atoms with Gasteiger partial charge in [0, 0.05) is 11.8 Å². The first-order valence-corrected chi connectivity index (χ1v) is 5.59. The van der Waals surface area contributed by atoms with E-state index in [9.17, 15) is 10.1 Å². The van der Waals surface area contributed by atoms with Crippen molar-refractivity contribution < 1.29 is 4.92 Å². The molecule has 0 saturated carbocycles. The summed E-state index contributed by atoms with van der Waals surface area (Å²) in [6.45, 7) is 6.06. The van der Waals surface area contributed by atoms with E-state index < -0.39 is 4.92 Å². The predicted octanol–water partition coefficient (Wildman–Crippen LogP) is 3.43. The number of nitrogens with one attached hydrogen (secondary N) is 1. The molecule has 1 aromatic rings. The van der Waals surface area contributed by atoms with E-state index in [4.69, 9.17) is 0 Å². The Hall–Kier alpha value is -1.91. The molecule has 1 N–H and O–H groups in total. The quantitative estimate of drug-likeness (QED) is 0.483. The summed E-state index contributed by atoms with van der Waals surface area (Å²) >= 11 is 0. The molecule has 1 atom stereocenters. The summed E-state index contributed by atoms with van der Waals surface area (Å²) in [5.41, 5.74) is 4.14. The average Bonchev–Trinajstić information content (AvgIpc) is 2.35. The first kappa shape index (κ1) is 13.2. The first-order valence-electron chi connectivity index (χ1n) is 5.59. The molecule has 5 nitrogen and oxygen atoms in total. The van der Waals surface area contributed by atoms with E-state index >= 15 is 0 Å². The molecular formula is C12H17N3O2. The number of anilines is 1. The third-order valence-corrected chi connectivity index (χ3v) is 2.78. The van der Waals surface area contributed by atoms with Crippen molar-refractivity contribution in [2.75, 3.05) is 5.43 Å². The molecule has 0 aromatic heterocycles. The second kappa shape index (κ2) is 5.98. The summed E-state index contributed by atoms with van der Waals surface area (Å²) in [5.74, 6) is 0.366. The third kappa shape index (κ3) is 3.55. The molecule has 0 aliphatic rings. The molecule has 5 heteroatoms. The van der Waals surface area contributed by atoms with Gasteiger partial charge in [0.05, 0.1) is 4.92 Å². The normalized spacial score (nSPS) is 13.2. The Bertz CT molecular complexity index is 430. The number of para-hydroxylation sites is 2. The van der Waals surface area contributed by atoms with Crippen molar-refractivity contribution >= 4 is 17.1 Å². The van der Waals surface area contributed by atoms with E-state index in [1.807, 2.05) is 6.92 Å². The van der Waals surface area contributed by atoms with Crippen molar-refractivity contribution in [3.8, 4) is 0 Å². The maximum atomic E-state index is 10.8. The zero-order valence-electron chi connectivity index (χ0n) is 10.3. The van der Waals surface area contributed by atoms with Gasteiger partial charge in [0.25, 0.3) is 5.69 Å². The van der Waals surface area contributed by atoms with E-state index in [1.54, 1.807) is 18.2 Å². The fraction of sp³-hybridized carbons (Fsp3) is 0.417. The maximum Gasteiger partial charge on any atom is 0.294 e. The van der Waals surface area contributed by atoms with Crippen LogP contribution in [-0.2, 0) is 0 Å². The van der Waals surface area contributed by atoms with Gasteiger partial charge in [0.1, 0.15) is 5.69 Å². The van der Waals surface area contributed by atoms with Gasteiger partial charge >= 0.3 is 0 Å². The first-order chi connectivity index (χ1) is 8.06. The topological polar surface area (TPSA) is 67.5 Å². The van der Waals surface area contributed by atoms with Crippen LogP contribution in [0.1, 0.15) is 27.2 Å². The van der Waals surface area contributed by atoms with Crippen molar-refractivity contribution in [3.05, 3.63) is 34.4 Å². The summed E-state index contributed by atoms with van der Waals surface area (Å²) < 4.78 is 0. The summed E-state index contributed by atoms with van der Waals surface area (Å²) in [7, 11) is 0. The van der Waals surface area contributed by atoms with E-state index in [2.05, 4.69) is 24.4 Å². The van der Waals surface area contributed by atoms with E-state index in [0.29, 0.717) is 11.6 Å². The molecule has 92 valence electrons. The fourth-order valence-corrected chi connectivity index (χ4v) is 1.28.